The lowest BCUT2D eigenvalue weighted by Gasteiger charge is -2.12. The summed E-state index contributed by atoms with van der Waals surface area (Å²) in [5.74, 6) is 1.79. The Labute approximate surface area is 113 Å². The van der Waals surface area contributed by atoms with Gasteiger partial charge in [0.05, 0.1) is 10.2 Å². The maximum Gasteiger partial charge on any atom is 0.133 e. The summed E-state index contributed by atoms with van der Waals surface area (Å²) in [6, 6.07) is 6.18. The number of halogens is 2. The van der Waals surface area contributed by atoms with E-state index in [4.69, 9.17) is 4.74 Å². The van der Waals surface area contributed by atoms with Crippen molar-refractivity contribution in [1.82, 2.24) is 0 Å². The van der Waals surface area contributed by atoms with Crippen LogP contribution in [0.2, 0.25) is 0 Å². The van der Waals surface area contributed by atoms with Crippen LogP contribution in [0.4, 0.5) is 0 Å². The van der Waals surface area contributed by atoms with Crippen LogP contribution in [0.15, 0.2) is 22.7 Å². The van der Waals surface area contributed by atoms with E-state index in [9.17, 15) is 0 Å². The molecule has 0 N–H and O–H groups in total. The quantitative estimate of drug-likeness (QED) is 0.695. The predicted molar refractivity (Wildman–Crippen MR) is 74.3 cm³/mol. The maximum atomic E-state index is 5.86. The van der Waals surface area contributed by atoms with Gasteiger partial charge < -0.3 is 4.74 Å². The van der Waals surface area contributed by atoms with Crippen LogP contribution in [0.5, 0.6) is 5.75 Å². The summed E-state index contributed by atoms with van der Waals surface area (Å²) >= 11 is 5.78. The average Bonchev–Trinajstić information content (AvgIpc) is 2.72. The van der Waals surface area contributed by atoms with Crippen LogP contribution in [-0.4, -0.2) is 6.61 Å². The van der Waals surface area contributed by atoms with Gasteiger partial charge in [0.1, 0.15) is 5.75 Å². The standard InChI is InChI=1S/C12H14BrIO/c13-10-5-6-11(14)12(7-10)15-8-9-3-1-2-4-9/h5-7,9H,1-4,8H2. The minimum absolute atomic E-state index is 0.778. The topological polar surface area (TPSA) is 9.23 Å². The largest absolute Gasteiger partial charge is 0.492 e. The Balaban J connectivity index is 1.94. The molecule has 82 valence electrons. The molecule has 15 heavy (non-hydrogen) atoms. The molecule has 1 saturated carbocycles. The Morgan fingerprint density at radius 2 is 2.07 bits per heavy atom. The van der Waals surface area contributed by atoms with Gasteiger partial charge in [-0.05, 0) is 59.5 Å². The molecule has 1 aliphatic rings. The van der Waals surface area contributed by atoms with Gasteiger partial charge in [-0.2, -0.15) is 0 Å². The summed E-state index contributed by atoms with van der Waals surface area (Å²) in [4.78, 5) is 0. The monoisotopic (exact) mass is 380 g/mol. The van der Waals surface area contributed by atoms with E-state index in [-0.39, 0.29) is 0 Å². The lowest BCUT2D eigenvalue weighted by atomic mass is 10.1. The number of rotatable bonds is 3. The van der Waals surface area contributed by atoms with Crippen molar-refractivity contribution in [2.75, 3.05) is 6.61 Å². The van der Waals surface area contributed by atoms with Gasteiger partial charge in [-0.1, -0.05) is 28.8 Å². The van der Waals surface area contributed by atoms with E-state index in [2.05, 4.69) is 50.7 Å². The van der Waals surface area contributed by atoms with Gasteiger partial charge in [0.15, 0.2) is 0 Å². The second kappa shape index (κ2) is 5.53. The molecule has 0 heterocycles. The van der Waals surface area contributed by atoms with E-state index in [0.717, 1.165) is 22.7 Å². The van der Waals surface area contributed by atoms with Crippen molar-refractivity contribution in [3.8, 4) is 5.75 Å². The van der Waals surface area contributed by atoms with Crippen LogP contribution in [0.1, 0.15) is 25.7 Å². The molecule has 0 amide bonds. The van der Waals surface area contributed by atoms with E-state index < -0.39 is 0 Å². The second-order valence-electron chi connectivity index (χ2n) is 4.04. The Bertz CT molecular complexity index is 334. The molecule has 1 fully saturated rings. The van der Waals surface area contributed by atoms with Gasteiger partial charge in [-0.15, -0.1) is 0 Å². The Morgan fingerprint density at radius 1 is 1.33 bits per heavy atom. The van der Waals surface area contributed by atoms with E-state index in [0.29, 0.717) is 0 Å². The Hall–Kier alpha value is 0.230. The van der Waals surface area contributed by atoms with Crippen LogP contribution < -0.4 is 4.74 Å². The molecule has 3 heteroatoms. The van der Waals surface area contributed by atoms with Crippen LogP contribution >= 0.6 is 38.5 Å². The lowest BCUT2D eigenvalue weighted by Crippen LogP contribution is -2.08. The van der Waals surface area contributed by atoms with E-state index >= 15 is 0 Å². The number of ether oxygens (including phenoxy) is 1. The van der Waals surface area contributed by atoms with Crippen molar-refractivity contribution in [2.24, 2.45) is 5.92 Å². The highest BCUT2D eigenvalue weighted by molar-refractivity contribution is 14.1. The van der Waals surface area contributed by atoms with Gasteiger partial charge >= 0.3 is 0 Å². The fraction of sp³-hybridized carbons (Fsp3) is 0.500. The minimum atomic E-state index is 0.778. The van der Waals surface area contributed by atoms with Crippen molar-refractivity contribution in [1.29, 1.82) is 0 Å². The summed E-state index contributed by atoms with van der Waals surface area (Å²) in [6.45, 7) is 0.881. The molecular formula is C12H14BrIO. The van der Waals surface area contributed by atoms with Gasteiger partial charge in [0.25, 0.3) is 0 Å². The highest BCUT2D eigenvalue weighted by atomic mass is 127. The van der Waals surface area contributed by atoms with E-state index in [1.165, 1.54) is 29.3 Å². The first-order valence-corrected chi connectivity index (χ1v) is 7.21. The molecule has 1 aromatic carbocycles. The van der Waals surface area contributed by atoms with Crippen molar-refractivity contribution >= 4 is 38.5 Å². The molecule has 0 radical (unpaired) electrons. The molecule has 1 aromatic rings. The highest BCUT2D eigenvalue weighted by Crippen LogP contribution is 2.28. The third-order valence-electron chi connectivity index (χ3n) is 2.84. The molecule has 2 rings (SSSR count). The summed E-state index contributed by atoms with van der Waals surface area (Å²) in [5, 5.41) is 0. The van der Waals surface area contributed by atoms with Crippen LogP contribution in [-0.2, 0) is 0 Å². The number of hydrogen-bond donors (Lipinski definition) is 0. The molecule has 0 spiro atoms. The molecular weight excluding hydrogens is 367 g/mol. The summed E-state index contributed by atoms with van der Waals surface area (Å²) in [5.41, 5.74) is 0. The van der Waals surface area contributed by atoms with Crippen molar-refractivity contribution in [3.63, 3.8) is 0 Å². The average molecular weight is 381 g/mol. The number of benzene rings is 1. The van der Waals surface area contributed by atoms with Crippen LogP contribution in [0.25, 0.3) is 0 Å². The molecule has 1 nitrogen and oxygen atoms in total. The molecule has 0 unspecified atom stereocenters. The molecule has 0 saturated heterocycles. The molecule has 0 aromatic heterocycles. The fourth-order valence-corrected chi connectivity index (χ4v) is 2.80. The Morgan fingerprint density at radius 3 is 2.80 bits per heavy atom. The van der Waals surface area contributed by atoms with Gasteiger partial charge in [-0.3, -0.25) is 0 Å². The van der Waals surface area contributed by atoms with Gasteiger partial charge in [-0.25, -0.2) is 0 Å². The third kappa shape index (κ3) is 3.34. The molecule has 0 aliphatic heterocycles. The maximum absolute atomic E-state index is 5.86. The second-order valence-corrected chi connectivity index (χ2v) is 6.11. The summed E-state index contributed by atoms with van der Waals surface area (Å²) in [7, 11) is 0. The lowest BCUT2D eigenvalue weighted by molar-refractivity contribution is 0.250. The van der Waals surface area contributed by atoms with Crippen LogP contribution in [0, 0.1) is 9.49 Å². The summed E-state index contributed by atoms with van der Waals surface area (Å²) in [6.07, 6.45) is 5.43. The Kier molecular flexibility index (Phi) is 4.31. The van der Waals surface area contributed by atoms with E-state index in [1.54, 1.807) is 0 Å². The van der Waals surface area contributed by atoms with Gasteiger partial charge in [0, 0.05) is 4.47 Å². The fourth-order valence-electron chi connectivity index (χ4n) is 1.97. The zero-order valence-corrected chi connectivity index (χ0v) is 12.3. The highest BCUT2D eigenvalue weighted by Gasteiger charge is 2.15. The van der Waals surface area contributed by atoms with Crippen molar-refractivity contribution < 1.29 is 4.74 Å². The first kappa shape index (κ1) is 11.7. The SMILES string of the molecule is Brc1ccc(I)c(OCC2CCCC2)c1. The van der Waals surface area contributed by atoms with Gasteiger partial charge in [0.2, 0.25) is 0 Å². The third-order valence-corrected chi connectivity index (χ3v) is 4.23. The summed E-state index contributed by atoms with van der Waals surface area (Å²) < 4.78 is 8.14. The number of hydrogen-bond acceptors (Lipinski definition) is 1. The van der Waals surface area contributed by atoms with E-state index in [1.807, 2.05) is 6.07 Å². The van der Waals surface area contributed by atoms with Crippen LogP contribution in [0.3, 0.4) is 0 Å². The molecule has 0 bridgehead atoms. The molecule has 0 atom stereocenters. The smallest absolute Gasteiger partial charge is 0.133 e. The first-order valence-electron chi connectivity index (χ1n) is 5.33. The molecule has 1 aliphatic carbocycles. The minimum Gasteiger partial charge on any atom is -0.492 e. The normalized spacial score (nSPS) is 16.9. The first-order chi connectivity index (χ1) is 7.25. The zero-order chi connectivity index (χ0) is 10.7. The predicted octanol–water partition coefficient (Wildman–Crippen LogP) is 4.62. The van der Waals surface area contributed by atoms with Crippen molar-refractivity contribution in [3.05, 3.63) is 26.2 Å². The van der Waals surface area contributed by atoms with Crippen molar-refractivity contribution in [2.45, 2.75) is 25.7 Å². The zero-order valence-electron chi connectivity index (χ0n) is 8.51.